The van der Waals surface area contributed by atoms with Gasteiger partial charge in [0.2, 0.25) is 0 Å². The number of carbonyl (C=O) groups excluding carboxylic acids is 1. The number of anilines is 2. The van der Waals surface area contributed by atoms with Gasteiger partial charge in [0.1, 0.15) is 5.82 Å². The zero-order chi connectivity index (χ0) is 27.5. The zero-order valence-electron chi connectivity index (χ0n) is 21.8. The van der Waals surface area contributed by atoms with Gasteiger partial charge in [-0.25, -0.2) is 14.7 Å². The predicted octanol–water partition coefficient (Wildman–Crippen LogP) is 5.50. The van der Waals surface area contributed by atoms with E-state index in [1.54, 1.807) is 24.4 Å². The summed E-state index contributed by atoms with van der Waals surface area (Å²) in [7, 11) is 1.35. The molecule has 0 unspecified atom stereocenters. The van der Waals surface area contributed by atoms with E-state index >= 15 is 0 Å². The summed E-state index contributed by atoms with van der Waals surface area (Å²) >= 11 is 0. The summed E-state index contributed by atoms with van der Waals surface area (Å²) in [5.41, 5.74) is 15.0. The monoisotopic (exact) mass is 524 g/mol. The van der Waals surface area contributed by atoms with E-state index in [2.05, 4.69) is 21.8 Å². The molecule has 0 spiro atoms. The third-order valence-corrected chi connectivity index (χ3v) is 6.95. The van der Waals surface area contributed by atoms with Gasteiger partial charge in [0.25, 0.3) is 0 Å². The molecule has 8 nitrogen and oxygen atoms in total. The molecule has 1 fully saturated rings. The van der Waals surface area contributed by atoms with Crippen molar-refractivity contribution in [1.82, 2.24) is 10.5 Å². The molecule has 0 atom stereocenters. The number of urea groups is 1. The summed E-state index contributed by atoms with van der Waals surface area (Å²) in [6, 6.07) is 17.7. The molecule has 198 valence electrons. The zero-order valence-corrected chi connectivity index (χ0v) is 21.8. The van der Waals surface area contributed by atoms with Crippen molar-refractivity contribution in [3.05, 3.63) is 77.7 Å². The van der Waals surface area contributed by atoms with Gasteiger partial charge in [-0.15, -0.1) is 0 Å². The van der Waals surface area contributed by atoms with Crippen molar-refractivity contribution in [1.29, 1.82) is 5.26 Å². The van der Waals surface area contributed by atoms with E-state index in [1.807, 2.05) is 31.2 Å². The quantitative estimate of drug-likeness (QED) is 0.297. The molecule has 5 rings (SSSR count). The fraction of sp³-hybridized carbons (Fsp3) is 0.233. The van der Waals surface area contributed by atoms with Crippen LogP contribution in [0.4, 0.5) is 20.6 Å². The van der Waals surface area contributed by atoms with Gasteiger partial charge in [-0.1, -0.05) is 12.1 Å². The number of hydrogen-bond acceptors (Lipinski definition) is 6. The minimum Gasteiger partial charge on any atom is -0.370 e. The number of benzene rings is 3. The van der Waals surface area contributed by atoms with E-state index in [0.717, 1.165) is 64.8 Å². The summed E-state index contributed by atoms with van der Waals surface area (Å²) in [6.45, 7) is 3.40. The fourth-order valence-corrected chi connectivity index (χ4v) is 5.12. The second kappa shape index (κ2) is 11.1. The maximum Gasteiger partial charge on any atom is 0.343 e. The molecule has 0 bridgehead atoms. The summed E-state index contributed by atoms with van der Waals surface area (Å²) in [5.74, 6) is -0.302. The third kappa shape index (κ3) is 5.53. The lowest BCUT2D eigenvalue weighted by Crippen LogP contribution is -2.40. The number of pyridine rings is 1. The average Bonchev–Trinajstić information content (AvgIpc) is 2.92. The number of carbonyl (C=O) groups is 1. The Kier molecular flexibility index (Phi) is 7.41. The molecule has 1 aliphatic rings. The van der Waals surface area contributed by atoms with Crippen molar-refractivity contribution >= 4 is 28.3 Å². The number of nitriles is 1. The minimum absolute atomic E-state index is 0.144. The molecule has 1 aliphatic heterocycles. The molecule has 1 aromatic heterocycles. The number of aryl methyl sites for hydroxylation is 1. The first-order chi connectivity index (χ1) is 18.9. The van der Waals surface area contributed by atoms with Crippen molar-refractivity contribution in [3.8, 4) is 28.3 Å². The second-order valence-electron chi connectivity index (χ2n) is 9.73. The first-order valence-corrected chi connectivity index (χ1v) is 12.7. The van der Waals surface area contributed by atoms with Crippen LogP contribution in [0.3, 0.4) is 0 Å². The van der Waals surface area contributed by atoms with Gasteiger partial charge in [0.15, 0.2) is 0 Å². The maximum absolute atomic E-state index is 14.5. The Hall–Kier alpha value is -4.52. The molecule has 4 aromatic rings. The number of amides is 2. The van der Waals surface area contributed by atoms with Crippen LogP contribution in [0.2, 0.25) is 0 Å². The lowest BCUT2D eigenvalue weighted by atomic mass is 9.94. The molecule has 0 aliphatic carbocycles. The van der Waals surface area contributed by atoms with E-state index < -0.39 is 6.03 Å². The van der Waals surface area contributed by atoms with Crippen LogP contribution in [0, 0.1) is 24.1 Å². The Bertz CT molecular complexity index is 1570. The number of hydrogen-bond donors (Lipinski definition) is 3. The molecule has 39 heavy (non-hydrogen) atoms. The third-order valence-electron chi connectivity index (χ3n) is 6.95. The van der Waals surface area contributed by atoms with Crippen molar-refractivity contribution in [2.75, 3.05) is 30.4 Å². The van der Waals surface area contributed by atoms with Crippen LogP contribution in [-0.4, -0.2) is 37.3 Å². The van der Waals surface area contributed by atoms with Crippen molar-refractivity contribution < 1.29 is 14.0 Å². The largest absolute Gasteiger partial charge is 0.370 e. The normalized spacial score (nSPS) is 13.8. The second-order valence-corrected chi connectivity index (χ2v) is 9.73. The summed E-state index contributed by atoms with van der Waals surface area (Å²) in [6.07, 6.45) is 3.49. The van der Waals surface area contributed by atoms with E-state index in [-0.39, 0.29) is 11.9 Å². The molecule has 2 amide bonds. The van der Waals surface area contributed by atoms with Crippen molar-refractivity contribution in [2.45, 2.75) is 25.8 Å². The molecule has 4 N–H and O–H groups in total. The lowest BCUT2D eigenvalue weighted by Gasteiger charge is -2.34. The highest BCUT2D eigenvalue weighted by Gasteiger charge is 2.23. The number of nitrogens with zero attached hydrogens (tertiary/aromatic N) is 3. The van der Waals surface area contributed by atoms with Crippen LogP contribution in [0.1, 0.15) is 24.0 Å². The standard InChI is InChI=1S/C30H29FN6O2/c1-18-11-21(14-22(31)12-18)26-17-34-27-6-4-20(15-25(27)29(26)37-9-7-23(33)8-10-37)24-13-19(16-32)3-5-28(24)35-30(38)36-39-2/h3-6,11-15,17,23H,7-10,33H2,1-2H3,(H2,35,36,38). The molecule has 1 saturated heterocycles. The van der Waals surface area contributed by atoms with E-state index in [0.29, 0.717) is 16.8 Å². The Morgan fingerprint density at radius 3 is 2.62 bits per heavy atom. The lowest BCUT2D eigenvalue weighted by molar-refractivity contribution is 0.114. The predicted molar refractivity (Wildman–Crippen MR) is 151 cm³/mol. The number of nitrogens with two attached hydrogens (primary N) is 1. The first-order valence-electron chi connectivity index (χ1n) is 12.7. The van der Waals surface area contributed by atoms with Gasteiger partial charge < -0.3 is 16.0 Å². The van der Waals surface area contributed by atoms with Gasteiger partial charge in [-0.2, -0.15) is 5.26 Å². The van der Waals surface area contributed by atoms with Gasteiger partial charge in [0.05, 0.1) is 35.6 Å². The molecular weight excluding hydrogens is 495 g/mol. The van der Waals surface area contributed by atoms with Gasteiger partial charge in [-0.3, -0.25) is 9.82 Å². The summed E-state index contributed by atoms with van der Waals surface area (Å²) in [4.78, 5) is 24.0. The number of fused-ring (bicyclic) bond motifs is 1. The summed E-state index contributed by atoms with van der Waals surface area (Å²) in [5, 5.41) is 13.2. The van der Waals surface area contributed by atoms with Crippen molar-refractivity contribution in [3.63, 3.8) is 0 Å². The first kappa shape index (κ1) is 26.1. The molecule has 0 radical (unpaired) electrons. The fourth-order valence-electron chi connectivity index (χ4n) is 5.12. The number of halogens is 1. The molecule has 0 saturated carbocycles. The van der Waals surface area contributed by atoms with Crippen LogP contribution >= 0.6 is 0 Å². The Labute approximate surface area is 226 Å². The van der Waals surface area contributed by atoms with Gasteiger partial charge >= 0.3 is 6.03 Å². The smallest absolute Gasteiger partial charge is 0.343 e. The Balaban J connectivity index is 1.72. The van der Waals surface area contributed by atoms with E-state index in [1.165, 1.54) is 19.2 Å². The highest BCUT2D eigenvalue weighted by atomic mass is 19.1. The number of nitrogens with one attached hydrogen (secondary N) is 2. The van der Waals surface area contributed by atoms with Crippen LogP contribution in [-0.2, 0) is 4.84 Å². The molecule has 3 aromatic carbocycles. The SMILES string of the molecule is CONC(=O)Nc1ccc(C#N)cc1-c1ccc2ncc(-c3cc(C)cc(F)c3)c(N3CCC(N)CC3)c2c1. The number of rotatable bonds is 5. The Morgan fingerprint density at radius 1 is 1.10 bits per heavy atom. The van der Waals surface area contributed by atoms with E-state index in [9.17, 15) is 14.4 Å². The molecular formula is C30H29FN6O2. The van der Waals surface area contributed by atoms with Gasteiger partial charge in [0, 0.05) is 41.8 Å². The van der Waals surface area contributed by atoms with Crippen LogP contribution in [0.15, 0.2) is 60.8 Å². The number of aromatic nitrogens is 1. The summed E-state index contributed by atoms with van der Waals surface area (Å²) < 4.78 is 14.5. The van der Waals surface area contributed by atoms with E-state index in [4.69, 9.17) is 15.6 Å². The molecule has 9 heteroatoms. The minimum atomic E-state index is -0.542. The van der Waals surface area contributed by atoms with Crippen LogP contribution in [0.25, 0.3) is 33.2 Å². The molecule has 2 heterocycles. The topological polar surface area (TPSA) is 116 Å². The highest BCUT2D eigenvalue weighted by molar-refractivity contribution is 6.03. The maximum atomic E-state index is 14.5. The van der Waals surface area contributed by atoms with Crippen LogP contribution < -0.4 is 21.4 Å². The van der Waals surface area contributed by atoms with Gasteiger partial charge in [-0.05, 0) is 78.9 Å². The van der Waals surface area contributed by atoms with Crippen LogP contribution in [0.5, 0.6) is 0 Å². The number of hydroxylamine groups is 1. The Morgan fingerprint density at radius 2 is 1.90 bits per heavy atom. The van der Waals surface area contributed by atoms with Crippen molar-refractivity contribution in [2.24, 2.45) is 5.73 Å². The number of piperidine rings is 1. The average molecular weight is 525 g/mol. The highest BCUT2D eigenvalue weighted by Crippen LogP contribution is 2.40.